The predicted molar refractivity (Wildman–Crippen MR) is 44.6 cm³/mol. The van der Waals surface area contributed by atoms with Gasteiger partial charge in [0.1, 0.15) is 0 Å². The van der Waals surface area contributed by atoms with Crippen molar-refractivity contribution in [2.24, 2.45) is 0 Å². The molecule has 0 bridgehead atoms. The summed E-state index contributed by atoms with van der Waals surface area (Å²) in [5.74, 6) is 0. The zero-order chi connectivity index (χ0) is 7.83. The van der Waals surface area contributed by atoms with Crippen LogP contribution in [0.5, 0.6) is 0 Å². The molecule has 1 aliphatic rings. The molecule has 6 heteroatoms. The van der Waals surface area contributed by atoms with Gasteiger partial charge in [0.15, 0.2) is 0 Å². The van der Waals surface area contributed by atoms with Gasteiger partial charge in [-0.1, -0.05) is 33.8 Å². The molecule has 58 valence electrons. The van der Waals surface area contributed by atoms with Crippen molar-refractivity contribution >= 4 is 37.8 Å². The Morgan fingerprint density at radius 1 is 1.70 bits per heavy atom. The van der Waals surface area contributed by atoms with Crippen LogP contribution in [-0.2, 0) is 10.1 Å². The van der Waals surface area contributed by atoms with Crippen LogP contribution in [-0.4, -0.2) is 16.0 Å². The summed E-state index contributed by atoms with van der Waals surface area (Å²) in [7, 11) is -3.98. The van der Waals surface area contributed by atoms with Gasteiger partial charge >= 0.3 is 0 Å². The molecule has 1 N–H and O–H groups in total. The third kappa shape index (κ3) is 1.39. The first kappa shape index (κ1) is 8.58. The van der Waals surface area contributed by atoms with Crippen molar-refractivity contribution in [3.05, 3.63) is 11.5 Å². The monoisotopic (exact) mass is 244 g/mol. The maximum atomic E-state index is 10.6. The third-order valence-electron chi connectivity index (χ3n) is 1.09. The predicted octanol–water partition coefficient (Wildman–Crippen LogP) is 1.57. The molecular formula is C4H5BrO3S2. The fraction of sp³-hybridized carbons (Fsp3) is 0.500. The summed E-state index contributed by atoms with van der Waals surface area (Å²) in [4.78, 5) is 0. The molecule has 0 radical (unpaired) electrons. The SMILES string of the molecule is O=S(=O)(O)C1(Br)CC=CS1. The van der Waals surface area contributed by atoms with E-state index in [1.807, 2.05) is 0 Å². The average Bonchev–Trinajstić information content (AvgIpc) is 2.13. The van der Waals surface area contributed by atoms with Gasteiger partial charge in [0.25, 0.3) is 10.1 Å². The highest BCUT2D eigenvalue weighted by molar-refractivity contribution is 9.13. The second-order valence-electron chi connectivity index (χ2n) is 1.83. The second-order valence-corrected chi connectivity index (χ2v) is 7.34. The van der Waals surface area contributed by atoms with E-state index in [1.54, 1.807) is 11.5 Å². The van der Waals surface area contributed by atoms with Gasteiger partial charge in [0.05, 0.1) is 0 Å². The fourth-order valence-electron chi connectivity index (χ4n) is 0.553. The second kappa shape index (κ2) is 2.51. The van der Waals surface area contributed by atoms with E-state index in [4.69, 9.17) is 4.55 Å². The minimum atomic E-state index is -3.98. The Bertz CT molecular complexity index is 248. The fourth-order valence-corrected chi connectivity index (χ4v) is 2.61. The Kier molecular flexibility index (Phi) is 2.15. The first-order chi connectivity index (χ1) is 4.46. The van der Waals surface area contributed by atoms with Crippen molar-refractivity contribution in [3.63, 3.8) is 0 Å². The number of allylic oxidation sites excluding steroid dienone is 1. The Hall–Kier alpha value is 0.480. The first-order valence-electron chi connectivity index (χ1n) is 2.44. The van der Waals surface area contributed by atoms with E-state index in [-0.39, 0.29) is 0 Å². The maximum absolute atomic E-state index is 10.6. The summed E-state index contributed by atoms with van der Waals surface area (Å²) in [5, 5.41) is 1.64. The molecule has 0 spiro atoms. The minimum absolute atomic E-state index is 0.302. The summed E-state index contributed by atoms with van der Waals surface area (Å²) >= 11 is 3.98. The molecule has 0 saturated heterocycles. The van der Waals surface area contributed by atoms with E-state index in [0.717, 1.165) is 11.8 Å². The molecule has 10 heavy (non-hydrogen) atoms. The molecular weight excluding hydrogens is 240 g/mol. The van der Waals surface area contributed by atoms with Crippen LogP contribution >= 0.6 is 27.7 Å². The number of hydrogen-bond donors (Lipinski definition) is 1. The van der Waals surface area contributed by atoms with Gasteiger partial charge in [0, 0.05) is 6.42 Å². The van der Waals surface area contributed by atoms with Gasteiger partial charge in [-0.2, -0.15) is 8.42 Å². The summed E-state index contributed by atoms with van der Waals surface area (Å²) < 4.78 is 28.6. The lowest BCUT2D eigenvalue weighted by molar-refractivity contribution is 0.477. The summed E-state index contributed by atoms with van der Waals surface area (Å²) in [6, 6.07) is 0. The van der Waals surface area contributed by atoms with Crippen LogP contribution in [0.4, 0.5) is 0 Å². The molecule has 1 unspecified atom stereocenters. The number of halogens is 1. The Morgan fingerprint density at radius 2 is 2.30 bits per heavy atom. The van der Waals surface area contributed by atoms with E-state index in [1.165, 1.54) is 0 Å². The van der Waals surface area contributed by atoms with E-state index < -0.39 is 13.1 Å². The van der Waals surface area contributed by atoms with E-state index in [9.17, 15) is 8.42 Å². The molecule has 0 fully saturated rings. The van der Waals surface area contributed by atoms with Crippen molar-refractivity contribution in [2.45, 2.75) is 9.41 Å². The lowest BCUT2D eigenvalue weighted by Gasteiger charge is -2.14. The quantitative estimate of drug-likeness (QED) is 0.562. The van der Waals surface area contributed by atoms with Crippen LogP contribution in [0.15, 0.2) is 11.5 Å². The van der Waals surface area contributed by atoms with Gasteiger partial charge in [-0.3, -0.25) is 4.55 Å². The highest BCUT2D eigenvalue weighted by atomic mass is 79.9. The first-order valence-corrected chi connectivity index (χ1v) is 5.56. The molecule has 0 saturated carbocycles. The Labute approximate surface area is 71.8 Å². The Morgan fingerprint density at radius 3 is 2.50 bits per heavy atom. The van der Waals surface area contributed by atoms with Crippen LogP contribution in [0, 0.1) is 0 Å². The Balaban J connectivity index is 2.92. The largest absolute Gasteiger partial charge is 0.291 e. The summed E-state index contributed by atoms with van der Waals surface area (Å²) in [6.45, 7) is 0. The van der Waals surface area contributed by atoms with Crippen molar-refractivity contribution in [2.75, 3.05) is 0 Å². The third-order valence-corrected chi connectivity index (χ3v) is 5.90. The van der Waals surface area contributed by atoms with Crippen LogP contribution in [0.25, 0.3) is 0 Å². The van der Waals surface area contributed by atoms with Gasteiger partial charge in [0.2, 0.25) is 2.99 Å². The van der Waals surface area contributed by atoms with Crippen molar-refractivity contribution < 1.29 is 13.0 Å². The highest BCUT2D eigenvalue weighted by Gasteiger charge is 2.41. The zero-order valence-corrected chi connectivity index (χ0v) is 8.04. The number of thioether (sulfide) groups is 1. The maximum Gasteiger partial charge on any atom is 0.291 e. The van der Waals surface area contributed by atoms with Crippen LogP contribution < -0.4 is 0 Å². The van der Waals surface area contributed by atoms with Crippen LogP contribution in [0.1, 0.15) is 6.42 Å². The molecule has 3 nitrogen and oxygen atoms in total. The molecule has 1 aliphatic heterocycles. The summed E-state index contributed by atoms with van der Waals surface area (Å²) in [5.41, 5.74) is 0. The molecule has 1 rings (SSSR count). The molecule has 0 aliphatic carbocycles. The topological polar surface area (TPSA) is 54.4 Å². The minimum Gasteiger partial charge on any atom is -0.284 e. The lowest BCUT2D eigenvalue weighted by atomic mass is 10.5. The normalized spacial score (nSPS) is 33.0. The lowest BCUT2D eigenvalue weighted by Crippen LogP contribution is -2.24. The summed E-state index contributed by atoms with van der Waals surface area (Å²) in [6.07, 6.45) is 1.99. The van der Waals surface area contributed by atoms with Gasteiger partial charge in [-0.25, -0.2) is 0 Å². The van der Waals surface area contributed by atoms with E-state index >= 15 is 0 Å². The molecule has 0 aromatic rings. The number of hydrogen-bond acceptors (Lipinski definition) is 3. The number of rotatable bonds is 1. The standard InChI is InChI=1S/C4H5BrO3S2/c5-4(10(6,7)8)2-1-3-9-4/h1,3H,2H2,(H,6,7,8). The molecule has 0 aromatic heterocycles. The van der Waals surface area contributed by atoms with Crippen molar-refractivity contribution in [3.8, 4) is 0 Å². The molecule has 0 amide bonds. The van der Waals surface area contributed by atoms with Crippen LogP contribution in [0.3, 0.4) is 0 Å². The molecule has 0 aromatic carbocycles. The zero-order valence-electron chi connectivity index (χ0n) is 4.82. The van der Waals surface area contributed by atoms with E-state index in [2.05, 4.69) is 15.9 Å². The molecule has 1 heterocycles. The van der Waals surface area contributed by atoms with Gasteiger partial charge in [-0.15, -0.1) is 0 Å². The van der Waals surface area contributed by atoms with Gasteiger partial charge < -0.3 is 0 Å². The highest BCUT2D eigenvalue weighted by Crippen LogP contribution is 2.45. The smallest absolute Gasteiger partial charge is 0.284 e. The van der Waals surface area contributed by atoms with Crippen LogP contribution in [0.2, 0.25) is 0 Å². The van der Waals surface area contributed by atoms with Crippen molar-refractivity contribution in [1.82, 2.24) is 0 Å². The van der Waals surface area contributed by atoms with E-state index in [0.29, 0.717) is 6.42 Å². The number of alkyl halides is 1. The van der Waals surface area contributed by atoms with Gasteiger partial charge in [-0.05, 0) is 5.41 Å². The van der Waals surface area contributed by atoms with Crippen molar-refractivity contribution in [1.29, 1.82) is 0 Å². The molecule has 1 atom stereocenters. The average molecular weight is 245 g/mol.